The Kier molecular flexibility index (Phi) is 4.43. The Morgan fingerprint density at radius 1 is 0.957 bits per heavy atom. The molecule has 0 spiro atoms. The van der Waals surface area contributed by atoms with Gasteiger partial charge in [0.15, 0.2) is 5.82 Å². The maximum atomic E-state index is 5.43. The normalized spacial score (nSPS) is 11.3. The SMILES string of the molecule is COc1ccc(C)cc1N=C(c1ccccc1)c1ncccn1. The van der Waals surface area contributed by atoms with E-state index in [0.717, 1.165) is 28.3 Å². The highest BCUT2D eigenvalue weighted by atomic mass is 16.5. The monoisotopic (exact) mass is 303 g/mol. The van der Waals surface area contributed by atoms with Gasteiger partial charge >= 0.3 is 0 Å². The molecule has 3 aromatic rings. The maximum absolute atomic E-state index is 5.43. The Balaban J connectivity index is 2.18. The first-order valence-electron chi connectivity index (χ1n) is 7.34. The van der Waals surface area contributed by atoms with Gasteiger partial charge in [0.05, 0.1) is 7.11 Å². The molecule has 0 fully saturated rings. The van der Waals surface area contributed by atoms with Gasteiger partial charge in [-0.05, 0) is 30.7 Å². The van der Waals surface area contributed by atoms with Crippen molar-refractivity contribution in [3.05, 3.63) is 83.9 Å². The molecule has 0 amide bonds. The van der Waals surface area contributed by atoms with Crippen molar-refractivity contribution in [2.24, 2.45) is 4.99 Å². The van der Waals surface area contributed by atoms with Crippen molar-refractivity contribution in [1.82, 2.24) is 9.97 Å². The molecular formula is C19H17N3O. The highest BCUT2D eigenvalue weighted by Gasteiger charge is 2.11. The van der Waals surface area contributed by atoms with E-state index >= 15 is 0 Å². The lowest BCUT2D eigenvalue weighted by molar-refractivity contribution is 0.416. The Morgan fingerprint density at radius 3 is 2.39 bits per heavy atom. The number of aromatic nitrogens is 2. The number of ether oxygens (including phenoxy) is 1. The molecule has 23 heavy (non-hydrogen) atoms. The second-order valence-electron chi connectivity index (χ2n) is 5.07. The summed E-state index contributed by atoms with van der Waals surface area (Å²) in [6, 6.07) is 17.6. The third-order valence-electron chi connectivity index (χ3n) is 3.39. The van der Waals surface area contributed by atoms with Crippen LogP contribution in [-0.2, 0) is 0 Å². The first-order valence-corrected chi connectivity index (χ1v) is 7.34. The van der Waals surface area contributed by atoms with Crippen LogP contribution in [-0.4, -0.2) is 22.8 Å². The van der Waals surface area contributed by atoms with Gasteiger partial charge < -0.3 is 4.74 Å². The number of hydrogen-bond donors (Lipinski definition) is 0. The third-order valence-corrected chi connectivity index (χ3v) is 3.39. The fraction of sp³-hybridized carbons (Fsp3) is 0.105. The number of aliphatic imine (C=N–C) groups is 1. The van der Waals surface area contributed by atoms with E-state index in [-0.39, 0.29) is 0 Å². The summed E-state index contributed by atoms with van der Waals surface area (Å²) in [4.78, 5) is 13.5. The Morgan fingerprint density at radius 2 is 1.70 bits per heavy atom. The molecule has 4 heteroatoms. The molecule has 3 rings (SSSR count). The van der Waals surface area contributed by atoms with Gasteiger partial charge in [-0.25, -0.2) is 15.0 Å². The van der Waals surface area contributed by atoms with E-state index in [2.05, 4.69) is 9.97 Å². The molecule has 0 bridgehead atoms. The van der Waals surface area contributed by atoms with Crippen LogP contribution in [0, 0.1) is 6.92 Å². The van der Waals surface area contributed by atoms with Gasteiger partial charge in [0.2, 0.25) is 0 Å². The second kappa shape index (κ2) is 6.83. The van der Waals surface area contributed by atoms with Crippen molar-refractivity contribution >= 4 is 11.4 Å². The van der Waals surface area contributed by atoms with E-state index in [1.54, 1.807) is 25.6 Å². The van der Waals surface area contributed by atoms with E-state index in [1.165, 1.54) is 0 Å². The third kappa shape index (κ3) is 3.43. The van der Waals surface area contributed by atoms with E-state index in [9.17, 15) is 0 Å². The number of aryl methyl sites for hydroxylation is 1. The molecule has 0 aliphatic rings. The minimum absolute atomic E-state index is 0.585. The molecule has 1 heterocycles. The van der Waals surface area contributed by atoms with E-state index in [0.29, 0.717) is 5.82 Å². The minimum Gasteiger partial charge on any atom is -0.494 e. The molecule has 114 valence electrons. The van der Waals surface area contributed by atoms with Crippen LogP contribution in [0.4, 0.5) is 5.69 Å². The van der Waals surface area contributed by atoms with Crippen LogP contribution in [0.5, 0.6) is 5.75 Å². The fourth-order valence-corrected chi connectivity index (χ4v) is 2.27. The maximum Gasteiger partial charge on any atom is 0.178 e. The summed E-state index contributed by atoms with van der Waals surface area (Å²) in [7, 11) is 1.64. The van der Waals surface area contributed by atoms with Crippen LogP contribution in [0.1, 0.15) is 17.0 Å². The molecule has 1 aromatic heterocycles. The molecule has 0 aliphatic carbocycles. The summed E-state index contributed by atoms with van der Waals surface area (Å²) in [5, 5.41) is 0. The molecule has 0 saturated carbocycles. The fourth-order valence-electron chi connectivity index (χ4n) is 2.27. The lowest BCUT2D eigenvalue weighted by Gasteiger charge is -2.09. The van der Waals surface area contributed by atoms with Crippen molar-refractivity contribution < 1.29 is 4.74 Å². The van der Waals surface area contributed by atoms with Crippen molar-refractivity contribution in [3.63, 3.8) is 0 Å². The molecule has 0 aliphatic heterocycles. The standard InChI is InChI=1S/C19H17N3O/c1-14-9-10-17(23-2)16(13-14)22-18(15-7-4-3-5-8-15)19-20-11-6-12-21-19/h3-13H,1-2H3. The van der Waals surface area contributed by atoms with Crippen molar-refractivity contribution in [2.45, 2.75) is 6.92 Å². The number of hydrogen-bond acceptors (Lipinski definition) is 4. The first kappa shape index (κ1) is 14.9. The minimum atomic E-state index is 0.585. The molecule has 4 nitrogen and oxygen atoms in total. The predicted molar refractivity (Wildman–Crippen MR) is 91.5 cm³/mol. The number of nitrogens with zero attached hydrogens (tertiary/aromatic N) is 3. The van der Waals surface area contributed by atoms with E-state index in [1.807, 2.05) is 55.5 Å². The van der Waals surface area contributed by atoms with Crippen LogP contribution < -0.4 is 4.74 Å². The highest BCUT2D eigenvalue weighted by Crippen LogP contribution is 2.29. The highest BCUT2D eigenvalue weighted by molar-refractivity contribution is 6.11. The number of benzene rings is 2. The summed E-state index contributed by atoms with van der Waals surface area (Å²) in [5.41, 5.74) is 3.56. The van der Waals surface area contributed by atoms with Gasteiger partial charge in [0, 0.05) is 18.0 Å². The summed E-state index contributed by atoms with van der Waals surface area (Å²) in [5.74, 6) is 1.31. The average molecular weight is 303 g/mol. The molecule has 0 saturated heterocycles. The summed E-state index contributed by atoms with van der Waals surface area (Å²) >= 11 is 0. The largest absolute Gasteiger partial charge is 0.494 e. The molecule has 0 N–H and O–H groups in total. The summed E-state index contributed by atoms with van der Waals surface area (Å²) in [6.45, 7) is 2.03. The Labute approximate surface area is 135 Å². The number of rotatable bonds is 4. The van der Waals surface area contributed by atoms with Crippen LogP contribution in [0.25, 0.3) is 0 Å². The quantitative estimate of drug-likeness (QED) is 0.685. The van der Waals surface area contributed by atoms with Crippen LogP contribution >= 0.6 is 0 Å². The molecule has 0 radical (unpaired) electrons. The topological polar surface area (TPSA) is 47.4 Å². The van der Waals surface area contributed by atoms with Gasteiger partial charge in [0.25, 0.3) is 0 Å². The zero-order valence-corrected chi connectivity index (χ0v) is 13.1. The molecule has 0 atom stereocenters. The molecule has 2 aromatic carbocycles. The van der Waals surface area contributed by atoms with Crippen molar-refractivity contribution in [3.8, 4) is 5.75 Å². The summed E-state index contributed by atoms with van der Waals surface area (Å²) in [6.07, 6.45) is 3.43. The van der Waals surface area contributed by atoms with Gasteiger partial charge in [-0.2, -0.15) is 0 Å². The van der Waals surface area contributed by atoms with Crippen molar-refractivity contribution in [1.29, 1.82) is 0 Å². The van der Waals surface area contributed by atoms with Crippen LogP contribution in [0.2, 0.25) is 0 Å². The van der Waals surface area contributed by atoms with Crippen LogP contribution in [0.15, 0.2) is 72.0 Å². The molecule has 0 unspecified atom stereocenters. The van der Waals surface area contributed by atoms with Crippen LogP contribution in [0.3, 0.4) is 0 Å². The van der Waals surface area contributed by atoms with E-state index in [4.69, 9.17) is 9.73 Å². The first-order chi connectivity index (χ1) is 11.3. The van der Waals surface area contributed by atoms with Gasteiger partial charge in [-0.1, -0.05) is 36.4 Å². The Bertz CT molecular complexity index is 773. The van der Waals surface area contributed by atoms with E-state index < -0.39 is 0 Å². The van der Waals surface area contributed by atoms with Crippen molar-refractivity contribution in [2.75, 3.05) is 7.11 Å². The lowest BCUT2D eigenvalue weighted by Crippen LogP contribution is -2.07. The van der Waals surface area contributed by atoms with Gasteiger partial charge in [-0.3, -0.25) is 0 Å². The molecular weight excluding hydrogens is 286 g/mol. The van der Waals surface area contributed by atoms with Gasteiger partial charge in [-0.15, -0.1) is 0 Å². The smallest absolute Gasteiger partial charge is 0.178 e. The second-order valence-corrected chi connectivity index (χ2v) is 5.07. The predicted octanol–water partition coefficient (Wildman–Crippen LogP) is 3.96. The lowest BCUT2D eigenvalue weighted by atomic mass is 10.1. The average Bonchev–Trinajstić information content (AvgIpc) is 2.61. The zero-order chi connectivity index (χ0) is 16.1. The van der Waals surface area contributed by atoms with Gasteiger partial charge in [0.1, 0.15) is 17.1 Å². The zero-order valence-electron chi connectivity index (χ0n) is 13.1. The Hall–Kier alpha value is -3.01. The summed E-state index contributed by atoms with van der Waals surface area (Å²) < 4.78 is 5.43. The number of methoxy groups -OCH3 is 1.